The highest BCUT2D eigenvalue weighted by Gasteiger charge is 2.28. The summed E-state index contributed by atoms with van der Waals surface area (Å²) in [7, 11) is -3.66. The molecule has 0 aliphatic carbocycles. The van der Waals surface area contributed by atoms with E-state index in [4.69, 9.17) is 0 Å². The third-order valence-corrected chi connectivity index (χ3v) is 9.16. The van der Waals surface area contributed by atoms with Gasteiger partial charge in [0, 0.05) is 40.2 Å². The van der Waals surface area contributed by atoms with E-state index in [1.54, 1.807) is 36.4 Å². The quantitative estimate of drug-likeness (QED) is 0.281. The van der Waals surface area contributed by atoms with Crippen molar-refractivity contribution in [1.82, 2.24) is 15.2 Å². The van der Waals surface area contributed by atoms with Crippen LogP contribution in [0.15, 0.2) is 51.8 Å². The number of aromatic amines is 1. The van der Waals surface area contributed by atoms with Crippen LogP contribution in [-0.2, 0) is 20.4 Å². The number of hydrogen-bond donors (Lipinski definition) is 3. The number of likely N-dealkylation sites (N-methyl/N-ethyl adjacent to an activating group) is 1. The van der Waals surface area contributed by atoms with Crippen molar-refractivity contribution in [2.75, 3.05) is 31.5 Å². The highest BCUT2D eigenvalue weighted by Crippen LogP contribution is 2.36. The Kier molecular flexibility index (Phi) is 8.78. The minimum Gasteiger partial charge on any atom is -0.358 e. The Labute approximate surface area is 237 Å². The molecule has 3 aromatic rings. The number of benzene rings is 2. The van der Waals surface area contributed by atoms with Crippen molar-refractivity contribution >= 4 is 54.9 Å². The van der Waals surface area contributed by atoms with Gasteiger partial charge in [-0.3, -0.25) is 9.59 Å². The Morgan fingerprint density at radius 1 is 1.10 bits per heavy atom. The first-order valence-corrected chi connectivity index (χ1v) is 15.3. The van der Waals surface area contributed by atoms with Gasteiger partial charge in [0.05, 0.1) is 21.8 Å². The molecule has 0 saturated heterocycles. The van der Waals surface area contributed by atoms with E-state index in [-0.39, 0.29) is 22.5 Å². The van der Waals surface area contributed by atoms with E-state index in [1.165, 1.54) is 6.07 Å². The molecule has 206 valence electrons. The van der Waals surface area contributed by atoms with E-state index in [0.717, 1.165) is 29.7 Å². The Morgan fingerprint density at radius 2 is 1.85 bits per heavy atom. The van der Waals surface area contributed by atoms with E-state index in [9.17, 15) is 18.0 Å². The fraction of sp³-hybridized carbons (Fsp3) is 0.310. The summed E-state index contributed by atoms with van der Waals surface area (Å²) >= 11 is 3.38. The third-order valence-electron chi connectivity index (χ3n) is 6.98. The van der Waals surface area contributed by atoms with Crippen LogP contribution in [0.3, 0.4) is 0 Å². The average Bonchev–Trinajstić information content (AvgIpc) is 3.35. The smallest absolute Gasteiger partial charge is 0.256 e. The lowest BCUT2D eigenvalue weighted by molar-refractivity contribution is -0.110. The molecule has 1 aromatic heterocycles. The minimum atomic E-state index is -3.66. The normalized spacial score (nSPS) is 14.1. The average molecular weight is 614 g/mol. The van der Waals surface area contributed by atoms with Gasteiger partial charge in [0.1, 0.15) is 0 Å². The second kappa shape index (κ2) is 11.9. The monoisotopic (exact) mass is 612 g/mol. The maximum atomic E-state index is 13.2. The zero-order valence-electron chi connectivity index (χ0n) is 22.5. The van der Waals surface area contributed by atoms with Gasteiger partial charge < -0.3 is 20.5 Å². The number of amides is 2. The number of rotatable bonds is 10. The molecule has 4 rings (SSSR count). The van der Waals surface area contributed by atoms with Crippen molar-refractivity contribution in [3.8, 4) is 0 Å². The summed E-state index contributed by atoms with van der Waals surface area (Å²) in [5, 5.41) is 5.80. The lowest BCUT2D eigenvalue weighted by atomic mass is 10.0. The standard InChI is InChI=1S/C29H33BrN4O4S/c1-5-34(6-2)13-12-31-29(36)27-18(3)26(32-19(27)4)16-24-23-15-22(10-11-25(23)33-28(24)35)39(37,38)17-20-8-7-9-21(30)14-20/h7-11,14-16,32H,5-6,12-13,17H2,1-4H3,(H,31,36)(H,33,35). The zero-order chi connectivity index (χ0) is 28.3. The van der Waals surface area contributed by atoms with Gasteiger partial charge in [-0.15, -0.1) is 0 Å². The number of carbonyl (C=O) groups excluding carboxylic acids is 2. The molecule has 0 radical (unpaired) electrons. The summed E-state index contributed by atoms with van der Waals surface area (Å²) < 4.78 is 27.2. The summed E-state index contributed by atoms with van der Waals surface area (Å²) in [4.78, 5) is 31.5. The number of nitrogens with one attached hydrogen (secondary N) is 3. The molecule has 2 amide bonds. The number of fused-ring (bicyclic) bond motifs is 1. The van der Waals surface area contributed by atoms with Crippen molar-refractivity contribution in [2.45, 2.75) is 38.3 Å². The van der Waals surface area contributed by atoms with Crippen molar-refractivity contribution in [3.63, 3.8) is 0 Å². The summed E-state index contributed by atoms with van der Waals surface area (Å²) in [6.45, 7) is 11.0. The molecule has 0 saturated carbocycles. The molecular formula is C29H33BrN4O4S. The molecule has 0 spiro atoms. The number of H-pyrrole nitrogens is 1. The van der Waals surface area contributed by atoms with Crippen LogP contribution in [0, 0.1) is 13.8 Å². The first kappa shape index (κ1) is 28.8. The molecule has 0 unspecified atom stereocenters. The summed E-state index contributed by atoms with van der Waals surface area (Å²) in [6, 6.07) is 11.8. The molecule has 0 fully saturated rings. The Hall–Kier alpha value is -3.21. The van der Waals surface area contributed by atoms with Crippen molar-refractivity contribution in [1.29, 1.82) is 0 Å². The van der Waals surface area contributed by atoms with E-state index in [2.05, 4.69) is 50.3 Å². The fourth-order valence-electron chi connectivity index (χ4n) is 4.79. The number of carbonyl (C=O) groups is 2. The van der Waals surface area contributed by atoms with Gasteiger partial charge in [-0.25, -0.2) is 8.42 Å². The molecule has 2 aromatic carbocycles. The molecule has 3 N–H and O–H groups in total. The molecule has 39 heavy (non-hydrogen) atoms. The van der Waals surface area contributed by atoms with Crippen molar-refractivity contribution in [2.24, 2.45) is 0 Å². The largest absolute Gasteiger partial charge is 0.358 e. The van der Waals surface area contributed by atoms with E-state index >= 15 is 0 Å². The number of aryl methyl sites for hydroxylation is 1. The SMILES string of the molecule is CCN(CC)CCNC(=O)c1c(C)[nH]c(C=C2C(=O)Nc3ccc(S(=O)(=O)Cc4cccc(Br)c4)cc32)c1C. The Balaban J connectivity index is 1.61. The highest BCUT2D eigenvalue weighted by atomic mass is 79.9. The van der Waals surface area contributed by atoms with Crippen molar-refractivity contribution in [3.05, 3.63) is 80.6 Å². The molecule has 1 aliphatic rings. The number of hydrogen-bond acceptors (Lipinski definition) is 5. The van der Waals surface area contributed by atoms with Gasteiger partial charge >= 0.3 is 0 Å². The topological polar surface area (TPSA) is 111 Å². The molecule has 1 aliphatic heterocycles. The molecular weight excluding hydrogens is 580 g/mol. The minimum absolute atomic E-state index is 0.135. The Bertz CT molecular complexity index is 1560. The molecule has 8 nitrogen and oxygen atoms in total. The number of halogens is 1. The molecule has 0 atom stereocenters. The van der Waals surface area contributed by atoms with Crippen molar-refractivity contribution < 1.29 is 18.0 Å². The van der Waals surface area contributed by atoms with Crippen LogP contribution in [-0.4, -0.2) is 56.3 Å². The lowest BCUT2D eigenvalue weighted by Gasteiger charge is -2.18. The van der Waals surface area contributed by atoms with Gasteiger partial charge in [0.25, 0.3) is 11.8 Å². The van der Waals surface area contributed by atoms with Crippen LogP contribution >= 0.6 is 15.9 Å². The van der Waals surface area contributed by atoms with Gasteiger partial charge in [0.2, 0.25) is 0 Å². The summed E-state index contributed by atoms with van der Waals surface area (Å²) in [5.41, 5.74) is 4.64. The lowest BCUT2D eigenvalue weighted by Crippen LogP contribution is -2.35. The van der Waals surface area contributed by atoms with E-state index in [1.807, 2.05) is 19.9 Å². The second-order valence-electron chi connectivity index (χ2n) is 9.55. The van der Waals surface area contributed by atoms with E-state index < -0.39 is 9.84 Å². The van der Waals surface area contributed by atoms with Crippen LogP contribution in [0.1, 0.15) is 52.3 Å². The maximum absolute atomic E-state index is 13.2. The predicted molar refractivity (Wildman–Crippen MR) is 158 cm³/mol. The van der Waals surface area contributed by atoms with Gasteiger partial charge in [-0.05, 0) is 74.5 Å². The molecule has 2 heterocycles. The number of aromatic nitrogens is 1. The van der Waals surface area contributed by atoms with Gasteiger partial charge in [0.15, 0.2) is 9.84 Å². The fourth-order valence-corrected chi connectivity index (χ4v) is 6.60. The van der Waals surface area contributed by atoms with E-state index in [0.29, 0.717) is 45.9 Å². The van der Waals surface area contributed by atoms with Crippen LogP contribution in [0.2, 0.25) is 0 Å². The number of nitrogens with zero attached hydrogens (tertiary/aromatic N) is 1. The van der Waals surface area contributed by atoms with Crippen LogP contribution < -0.4 is 10.6 Å². The predicted octanol–water partition coefficient (Wildman–Crippen LogP) is 4.93. The third kappa shape index (κ3) is 6.34. The summed E-state index contributed by atoms with van der Waals surface area (Å²) in [5.74, 6) is -0.661. The van der Waals surface area contributed by atoms with Gasteiger partial charge in [-0.2, -0.15) is 0 Å². The van der Waals surface area contributed by atoms with Crippen LogP contribution in [0.4, 0.5) is 5.69 Å². The first-order valence-electron chi connectivity index (χ1n) is 12.9. The zero-order valence-corrected chi connectivity index (χ0v) is 24.9. The molecule has 0 bridgehead atoms. The number of anilines is 1. The molecule has 10 heteroatoms. The first-order chi connectivity index (χ1) is 18.5. The van der Waals surface area contributed by atoms with Crippen LogP contribution in [0.25, 0.3) is 11.6 Å². The van der Waals surface area contributed by atoms with Gasteiger partial charge in [-0.1, -0.05) is 41.9 Å². The number of sulfone groups is 1. The highest BCUT2D eigenvalue weighted by molar-refractivity contribution is 9.10. The van der Waals surface area contributed by atoms with Crippen LogP contribution in [0.5, 0.6) is 0 Å². The maximum Gasteiger partial charge on any atom is 0.256 e. The second-order valence-corrected chi connectivity index (χ2v) is 12.5. The Morgan fingerprint density at radius 3 is 2.54 bits per heavy atom. The summed E-state index contributed by atoms with van der Waals surface area (Å²) in [6.07, 6.45) is 1.68.